The molecule has 0 saturated heterocycles. The van der Waals surface area contributed by atoms with Crippen LogP contribution in [0.25, 0.3) is 0 Å². The van der Waals surface area contributed by atoms with Crippen molar-refractivity contribution >= 4 is 17.3 Å². The minimum absolute atomic E-state index is 0.240. The number of nitrogens with one attached hydrogen (secondary N) is 4. The largest absolute Gasteiger partial charge is 0.497 e. The minimum Gasteiger partial charge on any atom is -0.497 e. The number of rotatable bonds is 7. The summed E-state index contributed by atoms with van der Waals surface area (Å²) in [5, 5.41) is 50.6. The van der Waals surface area contributed by atoms with Crippen LogP contribution in [0.2, 0.25) is 0 Å². The molecule has 0 bridgehead atoms. The number of nitrogens with zero attached hydrogens (tertiary/aromatic N) is 1. The molecule has 9 N–H and O–H groups in total. The third kappa shape index (κ3) is 4.14. The summed E-state index contributed by atoms with van der Waals surface area (Å²) in [6, 6.07) is 6.11. The van der Waals surface area contributed by atoms with Crippen LogP contribution in [0.5, 0.6) is 5.75 Å². The molecule has 0 spiro atoms. The molecule has 2 aromatic heterocycles. The second kappa shape index (κ2) is 9.56. The Morgan fingerprint density at radius 2 is 1.33 bits per heavy atom. The first-order chi connectivity index (χ1) is 17.1. The van der Waals surface area contributed by atoms with Crippen LogP contribution in [-0.4, -0.2) is 83.6 Å². The molecular formula is C21H23N5O10. The maximum absolute atomic E-state index is 13.0. The van der Waals surface area contributed by atoms with E-state index in [1.165, 1.54) is 24.1 Å². The fourth-order valence-electron chi connectivity index (χ4n) is 4.22. The Balaban J connectivity index is 2.03. The lowest BCUT2D eigenvalue weighted by Crippen LogP contribution is -2.51. The smallest absolute Gasteiger partial charge is 0.327 e. The lowest BCUT2D eigenvalue weighted by molar-refractivity contribution is -0.118. The van der Waals surface area contributed by atoms with Crippen molar-refractivity contribution in [3.8, 4) is 5.75 Å². The van der Waals surface area contributed by atoms with Crippen molar-refractivity contribution in [2.45, 2.75) is 30.3 Å². The third-order valence-corrected chi connectivity index (χ3v) is 5.94. The zero-order chi connectivity index (χ0) is 26.3. The molecule has 3 heterocycles. The molecule has 3 aromatic rings. The van der Waals surface area contributed by atoms with Gasteiger partial charge in [0.05, 0.1) is 36.9 Å². The van der Waals surface area contributed by atoms with Gasteiger partial charge in [-0.15, -0.1) is 0 Å². The van der Waals surface area contributed by atoms with E-state index in [4.69, 9.17) is 9.84 Å². The van der Waals surface area contributed by atoms with Crippen LogP contribution in [0, 0.1) is 0 Å². The van der Waals surface area contributed by atoms with E-state index in [0.717, 1.165) is 0 Å². The van der Waals surface area contributed by atoms with Crippen LogP contribution < -0.4 is 32.1 Å². The predicted octanol–water partition coefficient (Wildman–Crippen LogP) is -3.20. The van der Waals surface area contributed by atoms with Crippen molar-refractivity contribution < 1.29 is 30.3 Å². The second-order valence-electron chi connectivity index (χ2n) is 8.07. The van der Waals surface area contributed by atoms with Gasteiger partial charge in [0.2, 0.25) is 0 Å². The van der Waals surface area contributed by atoms with Gasteiger partial charge in [0.15, 0.2) is 0 Å². The molecule has 15 heteroatoms. The van der Waals surface area contributed by atoms with Crippen LogP contribution >= 0.6 is 0 Å². The fourth-order valence-corrected chi connectivity index (χ4v) is 4.22. The molecule has 0 amide bonds. The van der Waals surface area contributed by atoms with Crippen LogP contribution in [0.1, 0.15) is 17.0 Å². The molecule has 192 valence electrons. The van der Waals surface area contributed by atoms with Gasteiger partial charge in [-0.25, -0.2) is 9.59 Å². The standard InChI is InChI=1S/C21H23N5O10/c1-36-8-4-2-7(3-5-8)26-16-11(18(32)24-20(34)22-16)10(12-17(26)23-21(35)25-19(12)33)14(30)15(31)13(29)9(28)6-27/h2-5,9-10,13-15,27-31H,6H2,1H3,(H2,22,24,32,34)(H2,23,25,33,35). The third-order valence-electron chi connectivity index (χ3n) is 5.94. The van der Waals surface area contributed by atoms with Gasteiger partial charge in [0.1, 0.15) is 35.7 Å². The molecule has 4 atom stereocenters. The molecule has 4 unspecified atom stereocenters. The highest BCUT2D eigenvalue weighted by Crippen LogP contribution is 2.45. The Bertz CT molecular complexity index is 1420. The molecule has 0 saturated carbocycles. The number of ether oxygens (including phenoxy) is 1. The lowest BCUT2D eigenvalue weighted by atomic mass is 9.81. The van der Waals surface area contributed by atoms with E-state index in [0.29, 0.717) is 5.75 Å². The van der Waals surface area contributed by atoms with E-state index in [9.17, 15) is 39.6 Å². The summed E-state index contributed by atoms with van der Waals surface area (Å²) in [6.45, 7) is -0.962. The molecular weight excluding hydrogens is 482 g/mol. The van der Waals surface area contributed by atoms with E-state index in [1.807, 2.05) is 9.97 Å². The second-order valence-corrected chi connectivity index (χ2v) is 8.07. The summed E-state index contributed by atoms with van der Waals surface area (Å²) in [7, 11) is 1.44. The van der Waals surface area contributed by atoms with Gasteiger partial charge < -0.3 is 30.3 Å². The van der Waals surface area contributed by atoms with Crippen molar-refractivity contribution in [3.63, 3.8) is 0 Å². The maximum atomic E-state index is 13.0. The number of anilines is 3. The molecule has 15 nitrogen and oxygen atoms in total. The van der Waals surface area contributed by atoms with Gasteiger partial charge in [0.25, 0.3) is 11.1 Å². The summed E-state index contributed by atoms with van der Waals surface area (Å²) < 4.78 is 5.13. The first-order valence-corrected chi connectivity index (χ1v) is 10.6. The van der Waals surface area contributed by atoms with Gasteiger partial charge in [-0.1, -0.05) is 0 Å². The van der Waals surface area contributed by atoms with Gasteiger partial charge >= 0.3 is 11.4 Å². The van der Waals surface area contributed by atoms with E-state index in [2.05, 4.69) is 9.97 Å². The molecule has 4 rings (SSSR count). The summed E-state index contributed by atoms with van der Waals surface area (Å²) in [5.41, 5.74) is -4.45. The number of aromatic nitrogens is 4. The highest BCUT2D eigenvalue weighted by atomic mass is 16.5. The van der Waals surface area contributed by atoms with Gasteiger partial charge in [0, 0.05) is 5.69 Å². The average molecular weight is 505 g/mol. The summed E-state index contributed by atoms with van der Waals surface area (Å²) >= 11 is 0. The Morgan fingerprint density at radius 3 is 1.78 bits per heavy atom. The average Bonchev–Trinajstić information content (AvgIpc) is 2.85. The van der Waals surface area contributed by atoms with E-state index < -0.39 is 59.4 Å². The normalized spacial score (nSPS) is 16.6. The molecule has 1 aromatic carbocycles. The summed E-state index contributed by atoms with van der Waals surface area (Å²) in [5.74, 6) is -1.73. The molecule has 1 aliphatic heterocycles. The molecule has 0 aliphatic carbocycles. The Kier molecular flexibility index (Phi) is 6.66. The van der Waals surface area contributed by atoms with Crippen molar-refractivity contribution in [2.24, 2.45) is 0 Å². The molecule has 0 fully saturated rings. The summed E-state index contributed by atoms with van der Waals surface area (Å²) in [4.78, 5) is 60.5. The Morgan fingerprint density at radius 1 is 0.833 bits per heavy atom. The van der Waals surface area contributed by atoms with E-state index >= 15 is 0 Å². The fraction of sp³-hybridized carbons (Fsp3) is 0.333. The minimum atomic E-state index is -2.18. The Labute approximate surface area is 199 Å². The monoisotopic (exact) mass is 505 g/mol. The highest BCUT2D eigenvalue weighted by Gasteiger charge is 2.45. The topological polar surface area (TPSA) is 245 Å². The number of methoxy groups -OCH3 is 1. The number of aromatic amines is 4. The number of fused-ring (bicyclic) bond motifs is 2. The Hall–Kier alpha value is -4.02. The highest BCUT2D eigenvalue weighted by molar-refractivity contribution is 5.80. The first-order valence-electron chi connectivity index (χ1n) is 10.6. The van der Waals surface area contributed by atoms with E-state index in [-0.39, 0.29) is 28.5 Å². The maximum Gasteiger partial charge on any atom is 0.327 e. The van der Waals surface area contributed by atoms with Gasteiger partial charge in [-0.05, 0) is 24.3 Å². The number of aliphatic hydroxyl groups is 5. The number of hydrogen-bond donors (Lipinski definition) is 9. The quantitative estimate of drug-likeness (QED) is 0.155. The van der Waals surface area contributed by atoms with Crippen molar-refractivity contribution in [1.82, 2.24) is 19.9 Å². The SMILES string of the molecule is COc1ccc(N2c3[nH]c(=O)[nH]c(=O)c3C(C(O)C(O)C(O)C(O)CO)c3c2[nH]c(=O)[nH]c3=O)cc1. The van der Waals surface area contributed by atoms with Crippen LogP contribution in [0.15, 0.2) is 43.4 Å². The number of benzene rings is 1. The zero-order valence-electron chi connectivity index (χ0n) is 18.6. The molecule has 36 heavy (non-hydrogen) atoms. The van der Waals surface area contributed by atoms with E-state index in [1.54, 1.807) is 12.1 Å². The molecule has 0 radical (unpaired) electrons. The van der Waals surface area contributed by atoms with Crippen molar-refractivity contribution in [3.05, 3.63) is 77.1 Å². The summed E-state index contributed by atoms with van der Waals surface area (Å²) in [6.07, 6.45) is -8.25. The zero-order valence-corrected chi connectivity index (χ0v) is 18.6. The van der Waals surface area contributed by atoms with Gasteiger partial charge in [-0.3, -0.25) is 34.4 Å². The van der Waals surface area contributed by atoms with Crippen LogP contribution in [0.3, 0.4) is 0 Å². The number of hydrogen-bond acceptors (Lipinski definition) is 11. The first kappa shape index (κ1) is 25.1. The predicted molar refractivity (Wildman–Crippen MR) is 123 cm³/mol. The van der Waals surface area contributed by atoms with Crippen molar-refractivity contribution in [2.75, 3.05) is 18.6 Å². The molecule has 1 aliphatic rings. The van der Waals surface area contributed by atoms with Gasteiger partial charge in [-0.2, -0.15) is 0 Å². The number of aliphatic hydroxyl groups excluding tert-OH is 5. The lowest BCUT2D eigenvalue weighted by Gasteiger charge is -2.38. The number of H-pyrrole nitrogens is 4. The van der Waals surface area contributed by atoms with Crippen LogP contribution in [-0.2, 0) is 0 Å². The van der Waals surface area contributed by atoms with Crippen LogP contribution in [0.4, 0.5) is 17.3 Å². The van der Waals surface area contributed by atoms with Crippen molar-refractivity contribution in [1.29, 1.82) is 0 Å².